The molecule has 3 aromatic rings. The Labute approximate surface area is 255 Å². The number of hydrogen-bond donors (Lipinski definition) is 0. The standard InChI is InChI=1S/C27H22BrF3N4O7S/c1-12(36)39-11-22-25(40-13(2)37)24(35-10-21(33-34-35)16-6-19(29)23(31)20(30)7-16)26(41-14(3)38)27(42-22)43-17-5-4-15(9-32)18(28)8-17/h4-8,10,22,24-27H,11H2,1-3H3/t22?,24-,25-,26?,27+/m0/s1. The number of aromatic nitrogens is 3. The Morgan fingerprint density at radius 3 is 2.28 bits per heavy atom. The van der Waals surface area contributed by atoms with Crippen molar-refractivity contribution in [2.45, 2.75) is 55.5 Å². The van der Waals surface area contributed by atoms with Gasteiger partial charge in [-0.15, -0.1) is 5.10 Å². The summed E-state index contributed by atoms with van der Waals surface area (Å²) in [7, 11) is 0. The van der Waals surface area contributed by atoms with Gasteiger partial charge in [0.15, 0.2) is 29.7 Å². The second-order valence-corrected chi connectivity index (χ2v) is 11.2. The maximum Gasteiger partial charge on any atom is 0.303 e. The first kappa shape index (κ1) is 32.0. The van der Waals surface area contributed by atoms with Gasteiger partial charge >= 0.3 is 17.9 Å². The van der Waals surface area contributed by atoms with Gasteiger partial charge in [-0.3, -0.25) is 14.4 Å². The van der Waals surface area contributed by atoms with Crippen LogP contribution >= 0.6 is 27.7 Å². The van der Waals surface area contributed by atoms with E-state index in [-0.39, 0.29) is 17.9 Å². The largest absolute Gasteiger partial charge is 0.463 e. The lowest BCUT2D eigenvalue weighted by Crippen LogP contribution is -2.57. The zero-order valence-corrected chi connectivity index (χ0v) is 25.0. The minimum absolute atomic E-state index is 0.0794. The van der Waals surface area contributed by atoms with Crippen molar-refractivity contribution < 1.29 is 46.5 Å². The van der Waals surface area contributed by atoms with E-state index in [1.807, 2.05) is 6.07 Å². The van der Waals surface area contributed by atoms with Crippen molar-refractivity contribution in [2.24, 2.45) is 0 Å². The summed E-state index contributed by atoms with van der Waals surface area (Å²) in [5.74, 6) is -6.68. The highest BCUT2D eigenvalue weighted by Gasteiger charge is 2.52. The average molecular weight is 683 g/mol. The number of halogens is 4. The average Bonchev–Trinajstić information content (AvgIpc) is 3.41. The minimum Gasteiger partial charge on any atom is -0.463 e. The Morgan fingerprint density at radius 2 is 1.70 bits per heavy atom. The molecule has 4 rings (SSSR count). The molecule has 0 bridgehead atoms. The summed E-state index contributed by atoms with van der Waals surface area (Å²) in [5.41, 5.74) is -0.888. The molecule has 1 fully saturated rings. The van der Waals surface area contributed by atoms with Gasteiger partial charge in [-0.1, -0.05) is 17.0 Å². The first-order valence-corrected chi connectivity index (χ1v) is 14.1. The number of ether oxygens (including phenoxy) is 4. The smallest absolute Gasteiger partial charge is 0.303 e. The van der Waals surface area contributed by atoms with Crippen LogP contribution in [0.5, 0.6) is 0 Å². The Hall–Kier alpha value is -3.94. The predicted octanol–water partition coefficient (Wildman–Crippen LogP) is 4.48. The number of esters is 3. The Kier molecular flexibility index (Phi) is 10.1. The minimum atomic E-state index is -1.66. The maximum atomic E-state index is 14.0. The molecule has 0 spiro atoms. The third-order valence-corrected chi connectivity index (χ3v) is 7.87. The van der Waals surface area contributed by atoms with E-state index in [1.54, 1.807) is 18.2 Å². The van der Waals surface area contributed by atoms with Gasteiger partial charge in [0, 0.05) is 35.7 Å². The summed E-state index contributed by atoms with van der Waals surface area (Å²) in [6.07, 6.45) is -2.37. The third kappa shape index (κ3) is 7.53. The molecule has 0 amide bonds. The molecule has 0 radical (unpaired) electrons. The van der Waals surface area contributed by atoms with Crippen molar-refractivity contribution in [2.75, 3.05) is 6.61 Å². The number of benzene rings is 2. The van der Waals surface area contributed by atoms with E-state index in [9.17, 15) is 32.8 Å². The third-order valence-electron chi connectivity index (χ3n) is 6.08. The number of hydrogen-bond acceptors (Lipinski definition) is 11. The monoisotopic (exact) mass is 682 g/mol. The fourth-order valence-electron chi connectivity index (χ4n) is 4.33. The first-order chi connectivity index (χ1) is 20.4. The molecule has 5 atom stereocenters. The molecular formula is C27H22BrF3N4O7S. The highest BCUT2D eigenvalue weighted by atomic mass is 79.9. The molecule has 2 unspecified atom stereocenters. The van der Waals surface area contributed by atoms with E-state index in [4.69, 9.17) is 18.9 Å². The molecule has 1 aromatic heterocycles. The lowest BCUT2D eigenvalue weighted by atomic mass is 9.96. The van der Waals surface area contributed by atoms with Crippen LogP contribution in [0.15, 0.2) is 45.9 Å². The second-order valence-electron chi connectivity index (χ2n) is 9.19. The van der Waals surface area contributed by atoms with Crippen LogP contribution in [0.3, 0.4) is 0 Å². The van der Waals surface area contributed by atoms with Crippen LogP contribution in [0.2, 0.25) is 0 Å². The van der Waals surface area contributed by atoms with Crippen LogP contribution in [0.25, 0.3) is 11.3 Å². The summed E-state index contributed by atoms with van der Waals surface area (Å²) in [4.78, 5) is 36.8. The van der Waals surface area contributed by atoms with Gasteiger partial charge < -0.3 is 18.9 Å². The van der Waals surface area contributed by atoms with Crippen molar-refractivity contribution in [3.8, 4) is 17.3 Å². The number of carbonyl (C=O) groups is 3. The molecule has 1 aliphatic rings. The maximum absolute atomic E-state index is 14.0. The number of nitriles is 1. The van der Waals surface area contributed by atoms with E-state index in [2.05, 4.69) is 26.2 Å². The molecule has 226 valence electrons. The van der Waals surface area contributed by atoms with Crippen molar-refractivity contribution in [3.63, 3.8) is 0 Å². The highest BCUT2D eigenvalue weighted by Crippen LogP contribution is 2.42. The SMILES string of the molecule is CC(=O)OCC1O[C@H](Sc2ccc(C#N)c(Br)c2)C(OC(C)=O)[C@@H](n2cc(-c3cc(F)c(F)c(F)c3)nn2)[C@H]1OC(C)=O. The summed E-state index contributed by atoms with van der Waals surface area (Å²) < 4.78 is 65.8. The van der Waals surface area contributed by atoms with Crippen molar-refractivity contribution in [3.05, 3.63) is 64.0 Å². The molecule has 11 nitrogen and oxygen atoms in total. The normalized spacial score (nSPS) is 21.5. The van der Waals surface area contributed by atoms with E-state index < -0.39 is 65.1 Å². The first-order valence-electron chi connectivity index (χ1n) is 12.4. The molecule has 2 aromatic carbocycles. The number of nitrogens with zero attached hydrogens (tertiary/aromatic N) is 4. The van der Waals surface area contributed by atoms with Crippen LogP contribution in [0.1, 0.15) is 32.4 Å². The molecule has 1 aliphatic heterocycles. The fraction of sp³-hybridized carbons (Fsp3) is 0.333. The summed E-state index contributed by atoms with van der Waals surface area (Å²) in [5, 5.41) is 17.3. The molecular weight excluding hydrogens is 661 g/mol. The summed E-state index contributed by atoms with van der Waals surface area (Å²) in [6, 6.07) is 7.18. The van der Waals surface area contributed by atoms with E-state index >= 15 is 0 Å². The van der Waals surface area contributed by atoms with Crippen molar-refractivity contribution in [1.82, 2.24) is 15.0 Å². The fourth-order valence-corrected chi connectivity index (χ4v) is 6.10. The zero-order valence-electron chi connectivity index (χ0n) is 22.6. The lowest BCUT2D eigenvalue weighted by molar-refractivity contribution is -0.212. The number of rotatable bonds is 8. The van der Waals surface area contributed by atoms with Crippen molar-refractivity contribution in [1.29, 1.82) is 5.26 Å². The molecule has 0 saturated carbocycles. The summed E-state index contributed by atoms with van der Waals surface area (Å²) in [6.45, 7) is 3.08. The number of carbonyl (C=O) groups excluding carboxylic acids is 3. The second kappa shape index (κ2) is 13.6. The van der Waals surface area contributed by atoms with Crippen LogP contribution in [-0.2, 0) is 33.3 Å². The Bertz CT molecular complexity index is 1580. The molecule has 1 saturated heterocycles. The lowest BCUT2D eigenvalue weighted by Gasteiger charge is -2.44. The van der Waals surface area contributed by atoms with Crippen LogP contribution in [0.4, 0.5) is 13.2 Å². The highest BCUT2D eigenvalue weighted by molar-refractivity contribution is 9.10. The van der Waals surface area contributed by atoms with Gasteiger partial charge in [0.25, 0.3) is 0 Å². The van der Waals surface area contributed by atoms with Crippen molar-refractivity contribution >= 4 is 45.6 Å². The number of thioether (sulfide) groups is 1. The van der Waals surface area contributed by atoms with Gasteiger partial charge in [0.05, 0.1) is 11.8 Å². The van der Waals surface area contributed by atoms with Gasteiger partial charge in [-0.25, -0.2) is 17.9 Å². The zero-order chi connectivity index (χ0) is 31.4. The Balaban J connectivity index is 1.82. The predicted molar refractivity (Wildman–Crippen MR) is 145 cm³/mol. The van der Waals surface area contributed by atoms with E-state index in [0.29, 0.717) is 14.9 Å². The summed E-state index contributed by atoms with van der Waals surface area (Å²) >= 11 is 4.42. The van der Waals surface area contributed by atoms with Gasteiger partial charge in [0.1, 0.15) is 36.0 Å². The van der Waals surface area contributed by atoms with Gasteiger partial charge in [-0.05, 0) is 46.3 Å². The molecule has 43 heavy (non-hydrogen) atoms. The molecule has 2 heterocycles. The molecule has 16 heteroatoms. The van der Waals surface area contributed by atoms with Gasteiger partial charge in [0.2, 0.25) is 0 Å². The quantitative estimate of drug-likeness (QED) is 0.188. The van der Waals surface area contributed by atoms with E-state index in [0.717, 1.165) is 37.7 Å². The van der Waals surface area contributed by atoms with Crippen LogP contribution in [0, 0.1) is 28.8 Å². The Morgan fingerprint density at radius 1 is 1.05 bits per heavy atom. The van der Waals surface area contributed by atoms with Gasteiger partial charge in [-0.2, -0.15) is 5.26 Å². The van der Waals surface area contributed by atoms with E-state index in [1.165, 1.54) is 17.8 Å². The van der Waals surface area contributed by atoms with Crippen LogP contribution < -0.4 is 0 Å². The molecule has 0 N–H and O–H groups in total. The van der Waals surface area contributed by atoms with Crippen LogP contribution in [-0.4, -0.2) is 63.3 Å². The molecule has 0 aliphatic carbocycles. The topological polar surface area (TPSA) is 143 Å².